The Morgan fingerprint density at radius 2 is 1.96 bits per heavy atom. The highest BCUT2D eigenvalue weighted by Crippen LogP contribution is 2.22. The Kier molecular flexibility index (Phi) is 5.69. The first-order valence-corrected chi connectivity index (χ1v) is 10.1. The summed E-state index contributed by atoms with van der Waals surface area (Å²) < 4.78 is 30.1. The number of methoxy groups -OCH3 is 1. The molecular formula is C16H21N3O5S2. The van der Waals surface area contributed by atoms with Gasteiger partial charge in [0.25, 0.3) is 5.91 Å². The number of amides is 1. The Hall–Kier alpha value is -2.04. The van der Waals surface area contributed by atoms with Gasteiger partial charge in [-0.05, 0) is 18.2 Å². The minimum atomic E-state index is -3.85. The zero-order valence-electron chi connectivity index (χ0n) is 15.0. The van der Waals surface area contributed by atoms with E-state index in [2.05, 4.69) is 9.73 Å². The molecule has 0 fully saturated rings. The predicted octanol–water partition coefficient (Wildman–Crippen LogP) is 1.39. The van der Waals surface area contributed by atoms with E-state index in [-0.39, 0.29) is 23.8 Å². The van der Waals surface area contributed by atoms with Gasteiger partial charge in [-0.3, -0.25) is 9.59 Å². The molecule has 0 spiro atoms. The maximum Gasteiger partial charge on any atom is 0.307 e. The molecule has 10 heteroatoms. The molecule has 142 valence electrons. The first-order chi connectivity index (χ1) is 11.9. The third-order valence-corrected chi connectivity index (χ3v) is 5.54. The maximum absolute atomic E-state index is 12.3. The van der Waals surface area contributed by atoms with Crippen molar-refractivity contribution >= 4 is 43.5 Å². The minimum absolute atomic E-state index is 0.0277. The molecule has 1 aromatic carbocycles. The van der Waals surface area contributed by atoms with E-state index in [0.29, 0.717) is 15.0 Å². The summed E-state index contributed by atoms with van der Waals surface area (Å²) in [4.78, 5) is 28.3. The molecule has 1 heterocycles. The number of hydrogen-bond acceptors (Lipinski definition) is 6. The van der Waals surface area contributed by atoms with Gasteiger partial charge < -0.3 is 9.30 Å². The number of aromatic nitrogens is 1. The average molecular weight is 399 g/mol. The lowest BCUT2D eigenvalue weighted by atomic mass is 9.96. The monoisotopic (exact) mass is 399 g/mol. The Bertz CT molecular complexity index is 1030. The van der Waals surface area contributed by atoms with E-state index in [1.54, 1.807) is 31.4 Å². The van der Waals surface area contributed by atoms with Crippen molar-refractivity contribution in [2.45, 2.75) is 38.6 Å². The minimum Gasteiger partial charge on any atom is -0.469 e. The number of rotatable bonds is 4. The van der Waals surface area contributed by atoms with Gasteiger partial charge in [-0.25, -0.2) is 13.6 Å². The van der Waals surface area contributed by atoms with Crippen molar-refractivity contribution in [2.75, 3.05) is 7.11 Å². The summed E-state index contributed by atoms with van der Waals surface area (Å²) in [5.74, 6) is -0.714. The van der Waals surface area contributed by atoms with Crippen molar-refractivity contribution in [1.29, 1.82) is 0 Å². The van der Waals surface area contributed by atoms with Crippen LogP contribution in [0.1, 0.15) is 27.2 Å². The van der Waals surface area contributed by atoms with Gasteiger partial charge in [0.2, 0.25) is 10.0 Å². The number of hydrogen-bond donors (Lipinski definition) is 1. The fraction of sp³-hybridized carbons (Fsp3) is 0.438. The van der Waals surface area contributed by atoms with Crippen LogP contribution >= 0.6 is 11.3 Å². The fourth-order valence-electron chi connectivity index (χ4n) is 2.09. The Balaban J connectivity index is 2.66. The van der Waals surface area contributed by atoms with Crippen molar-refractivity contribution in [3.63, 3.8) is 0 Å². The topological polar surface area (TPSA) is 121 Å². The molecule has 0 aliphatic rings. The number of carbonyl (C=O) groups excluding carboxylic acids is 2. The van der Waals surface area contributed by atoms with Gasteiger partial charge in [0.05, 0.1) is 28.6 Å². The smallest absolute Gasteiger partial charge is 0.307 e. The standard InChI is InChI=1S/C16H21N3O5S2/c1-16(2,3)14(21)18-15-19(8-7-13(20)24-4)11-6-5-10(26(17,22)23)9-12(11)25-15/h5-6,9H,7-8H2,1-4H3,(H2,17,22,23). The molecule has 0 saturated heterocycles. The summed E-state index contributed by atoms with van der Waals surface area (Å²) >= 11 is 1.16. The number of benzene rings is 1. The number of sulfonamides is 1. The van der Waals surface area contributed by atoms with Crippen LogP contribution in [0.3, 0.4) is 0 Å². The van der Waals surface area contributed by atoms with Crippen molar-refractivity contribution in [2.24, 2.45) is 15.5 Å². The van der Waals surface area contributed by atoms with Crippen LogP contribution in [-0.2, 0) is 30.9 Å². The molecule has 26 heavy (non-hydrogen) atoms. The molecule has 0 unspecified atom stereocenters. The number of esters is 1. The van der Waals surface area contributed by atoms with Gasteiger partial charge in [-0.1, -0.05) is 32.1 Å². The van der Waals surface area contributed by atoms with Crippen molar-refractivity contribution in [3.05, 3.63) is 23.0 Å². The van der Waals surface area contributed by atoms with E-state index in [1.165, 1.54) is 19.2 Å². The number of aryl methyl sites for hydroxylation is 1. The highest BCUT2D eigenvalue weighted by Gasteiger charge is 2.21. The molecule has 0 bridgehead atoms. The molecule has 0 radical (unpaired) electrons. The van der Waals surface area contributed by atoms with Gasteiger partial charge >= 0.3 is 5.97 Å². The normalized spacial score (nSPS) is 13.2. The van der Waals surface area contributed by atoms with Gasteiger partial charge in [0.1, 0.15) is 0 Å². The lowest BCUT2D eigenvalue weighted by molar-refractivity contribution is -0.140. The van der Waals surface area contributed by atoms with Gasteiger partial charge in [-0.15, -0.1) is 0 Å². The van der Waals surface area contributed by atoms with Crippen LogP contribution in [0, 0.1) is 5.41 Å². The van der Waals surface area contributed by atoms with Gasteiger partial charge in [0.15, 0.2) is 4.80 Å². The number of ether oxygens (including phenoxy) is 1. The molecule has 1 amide bonds. The molecule has 0 atom stereocenters. The molecule has 0 aliphatic heterocycles. The molecule has 1 aromatic heterocycles. The van der Waals surface area contributed by atoms with E-state index >= 15 is 0 Å². The lowest BCUT2D eigenvalue weighted by Gasteiger charge is -2.12. The van der Waals surface area contributed by atoms with E-state index in [4.69, 9.17) is 5.14 Å². The Labute approximate surface area is 155 Å². The number of carbonyl (C=O) groups is 2. The van der Waals surface area contributed by atoms with Crippen LogP contribution in [0.5, 0.6) is 0 Å². The highest BCUT2D eigenvalue weighted by atomic mass is 32.2. The largest absolute Gasteiger partial charge is 0.469 e. The third kappa shape index (κ3) is 4.57. The molecular weight excluding hydrogens is 378 g/mol. The van der Waals surface area contributed by atoms with Gasteiger partial charge in [0, 0.05) is 12.0 Å². The molecule has 8 nitrogen and oxygen atoms in total. The average Bonchev–Trinajstić information content (AvgIpc) is 2.87. The summed E-state index contributed by atoms with van der Waals surface area (Å²) in [6.07, 6.45) is 0.0934. The lowest BCUT2D eigenvalue weighted by Crippen LogP contribution is -2.24. The number of nitrogens with zero attached hydrogens (tertiary/aromatic N) is 2. The predicted molar refractivity (Wildman–Crippen MR) is 97.8 cm³/mol. The summed E-state index contributed by atoms with van der Waals surface area (Å²) in [6, 6.07) is 4.41. The van der Waals surface area contributed by atoms with E-state index in [1.807, 2.05) is 0 Å². The van der Waals surface area contributed by atoms with E-state index in [9.17, 15) is 18.0 Å². The summed E-state index contributed by atoms with van der Waals surface area (Å²) in [5.41, 5.74) is -0.00553. The molecule has 2 rings (SSSR count). The second-order valence-corrected chi connectivity index (χ2v) is 9.27. The first-order valence-electron chi connectivity index (χ1n) is 7.75. The van der Waals surface area contributed by atoms with Crippen LogP contribution in [-0.4, -0.2) is 32.0 Å². The number of thiazole rings is 1. The van der Waals surface area contributed by atoms with Crippen LogP contribution in [0.4, 0.5) is 0 Å². The van der Waals surface area contributed by atoms with Crippen LogP contribution in [0.25, 0.3) is 10.2 Å². The van der Waals surface area contributed by atoms with E-state index in [0.717, 1.165) is 11.3 Å². The summed E-state index contributed by atoms with van der Waals surface area (Å²) in [7, 11) is -2.55. The number of nitrogens with two attached hydrogens (primary N) is 1. The van der Waals surface area contributed by atoms with Crippen molar-refractivity contribution in [3.8, 4) is 0 Å². The first kappa shape index (κ1) is 20.3. The van der Waals surface area contributed by atoms with Crippen LogP contribution in [0.15, 0.2) is 28.1 Å². The molecule has 0 saturated carbocycles. The van der Waals surface area contributed by atoms with Crippen molar-refractivity contribution in [1.82, 2.24) is 4.57 Å². The van der Waals surface area contributed by atoms with Crippen LogP contribution in [0.2, 0.25) is 0 Å². The van der Waals surface area contributed by atoms with Crippen molar-refractivity contribution < 1.29 is 22.7 Å². The SMILES string of the molecule is COC(=O)CCn1c(=NC(=O)C(C)(C)C)sc2cc(S(N)(=O)=O)ccc21. The molecule has 2 aromatic rings. The molecule has 2 N–H and O–H groups in total. The maximum atomic E-state index is 12.3. The number of fused-ring (bicyclic) bond motifs is 1. The second kappa shape index (κ2) is 7.29. The Morgan fingerprint density at radius 3 is 2.50 bits per heavy atom. The highest BCUT2D eigenvalue weighted by molar-refractivity contribution is 7.89. The fourth-order valence-corrected chi connectivity index (χ4v) is 3.80. The number of primary sulfonamides is 1. The zero-order valence-corrected chi connectivity index (χ0v) is 16.6. The van der Waals surface area contributed by atoms with Gasteiger partial charge in [-0.2, -0.15) is 4.99 Å². The third-order valence-electron chi connectivity index (χ3n) is 3.59. The zero-order chi connectivity index (χ0) is 19.7. The van der Waals surface area contributed by atoms with Crippen LogP contribution < -0.4 is 9.94 Å². The summed E-state index contributed by atoms with van der Waals surface area (Å²) in [5, 5.41) is 5.18. The summed E-state index contributed by atoms with van der Waals surface area (Å²) in [6.45, 7) is 5.51. The second-order valence-electron chi connectivity index (χ2n) is 6.70. The Morgan fingerprint density at radius 1 is 1.31 bits per heavy atom. The molecule has 0 aliphatic carbocycles. The quantitative estimate of drug-likeness (QED) is 0.779. The van der Waals surface area contributed by atoms with E-state index < -0.39 is 21.4 Å².